The van der Waals surface area contributed by atoms with Gasteiger partial charge in [-0.25, -0.2) is 0 Å². The maximum Gasteiger partial charge on any atom is 0.307 e. The minimum Gasteiger partial charge on any atom is -0.462 e. The average molecular weight is 805 g/mol. The maximum atomic E-state index is 13.3. The number of ketones is 2. The third kappa shape index (κ3) is 11.4. The van der Waals surface area contributed by atoms with E-state index < -0.39 is 11.1 Å². The third-order valence-electron chi connectivity index (χ3n) is 12.3. The van der Waals surface area contributed by atoms with Crippen molar-refractivity contribution in [2.75, 3.05) is 141 Å². The van der Waals surface area contributed by atoms with E-state index in [2.05, 4.69) is 29.4 Å². The molecule has 318 valence electrons. The lowest BCUT2D eigenvalue weighted by Gasteiger charge is -2.39. The SMILES string of the molecule is CC(C)(C(=O)c1ccc(N2CCN(CCC(=O)OCCOC(=O)CCN3CCN(c4ccc(C(=O)C(C)(C)N5CCOCC5)cc4)CC3)CC2)cc1)N1CCOCC1. The lowest BCUT2D eigenvalue weighted by Crippen LogP contribution is -2.54. The first-order valence-corrected chi connectivity index (χ1v) is 21.1. The highest BCUT2D eigenvalue weighted by atomic mass is 16.6. The van der Waals surface area contributed by atoms with Crippen molar-refractivity contribution in [3.8, 4) is 0 Å². The fraction of sp³-hybridized carbons (Fsp3) is 0.636. The Morgan fingerprint density at radius 2 is 0.828 bits per heavy atom. The van der Waals surface area contributed by atoms with Gasteiger partial charge in [0.15, 0.2) is 11.6 Å². The average Bonchev–Trinajstić information content (AvgIpc) is 3.27. The fourth-order valence-electron chi connectivity index (χ4n) is 8.30. The van der Waals surface area contributed by atoms with Crippen molar-refractivity contribution < 1.29 is 38.1 Å². The van der Waals surface area contributed by atoms with E-state index in [1.54, 1.807) is 0 Å². The Labute approximate surface area is 344 Å². The molecule has 0 unspecified atom stereocenters. The molecule has 0 N–H and O–H groups in total. The number of Topliss-reactive ketones (excluding diaryl/α,β-unsaturated/α-hetero) is 2. The van der Waals surface area contributed by atoms with Crippen LogP contribution in [0.3, 0.4) is 0 Å². The Bertz CT molecular complexity index is 1530. The molecule has 2 aromatic rings. The molecule has 0 bridgehead atoms. The number of anilines is 2. The van der Waals surface area contributed by atoms with Crippen LogP contribution in [0.5, 0.6) is 0 Å². The first-order chi connectivity index (χ1) is 27.9. The van der Waals surface area contributed by atoms with Crippen LogP contribution in [-0.2, 0) is 28.5 Å². The Kier molecular flexibility index (Phi) is 15.3. The smallest absolute Gasteiger partial charge is 0.307 e. The number of carbonyl (C=O) groups is 4. The number of nitrogens with zero attached hydrogens (tertiary/aromatic N) is 6. The molecule has 4 fully saturated rings. The lowest BCUT2D eigenvalue weighted by molar-refractivity contribution is -0.152. The van der Waals surface area contributed by atoms with Crippen molar-refractivity contribution in [1.82, 2.24) is 19.6 Å². The minimum absolute atomic E-state index is 0.0499. The van der Waals surface area contributed by atoms with Crippen LogP contribution in [-0.4, -0.2) is 185 Å². The summed E-state index contributed by atoms with van der Waals surface area (Å²) in [5.41, 5.74) is 2.46. The fourth-order valence-corrected chi connectivity index (χ4v) is 8.30. The van der Waals surface area contributed by atoms with Gasteiger partial charge in [0.2, 0.25) is 0 Å². The van der Waals surface area contributed by atoms with E-state index in [1.807, 2.05) is 76.2 Å². The molecular formula is C44H64N6O8. The molecule has 14 heteroatoms. The summed E-state index contributed by atoms with van der Waals surface area (Å²) in [6, 6.07) is 15.9. The van der Waals surface area contributed by atoms with Gasteiger partial charge in [-0.15, -0.1) is 0 Å². The van der Waals surface area contributed by atoms with Crippen LogP contribution in [0.4, 0.5) is 11.4 Å². The van der Waals surface area contributed by atoms with Gasteiger partial charge in [-0.3, -0.25) is 38.8 Å². The van der Waals surface area contributed by atoms with Crippen molar-refractivity contribution in [3.63, 3.8) is 0 Å². The van der Waals surface area contributed by atoms with E-state index in [1.165, 1.54) is 0 Å². The van der Waals surface area contributed by atoms with Crippen LogP contribution in [0, 0.1) is 0 Å². The number of rotatable bonds is 17. The zero-order valence-electron chi connectivity index (χ0n) is 35.1. The minimum atomic E-state index is -0.579. The van der Waals surface area contributed by atoms with E-state index in [0.717, 1.165) is 101 Å². The molecule has 14 nitrogen and oxygen atoms in total. The predicted octanol–water partition coefficient (Wildman–Crippen LogP) is 3.08. The quantitative estimate of drug-likeness (QED) is 0.132. The van der Waals surface area contributed by atoms with Crippen molar-refractivity contribution in [2.45, 2.75) is 51.6 Å². The summed E-state index contributed by atoms with van der Waals surface area (Å²) in [5, 5.41) is 0. The molecule has 0 aliphatic carbocycles. The topological polar surface area (TPSA) is 125 Å². The van der Waals surface area contributed by atoms with Crippen LogP contribution in [0.25, 0.3) is 0 Å². The van der Waals surface area contributed by atoms with Gasteiger partial charge >= 0.3 is 11.9 Å². The molecule has 0 amide bonds. The molecule has 58 heavy (non-hydrogen) atoms. The second-order valence-electron chi connectivity index (χ2n) is 16.7. The summed E-state index contributed by atoms with van der Waals surface area (Å²) in [6.45, 7) is 21.6. The van der Waals surface area contributed by atoms with Crippen LogP contribution >= 0.6 is 0 Å². The summed E-state index contributed by atoms with van der Waals surface area (Å²) in [7, 11) is 0. The number of piperazine rings is 2. The second-order valence-corrected chi connectivity index (χ2v) is 16.7. The molecule has 4 aliphatic heterocycles. The van der Waals surface area contributed by atoms with Gasteiger partial charge < -0.3 is 28.7 Å². The van der Waals surface area contributed by atoms with E-state index in [-0.39, 0.29) is 49.6 Å². The van der Waals surface area contributed by atoms with E-state index in [9.17, 15) is 19.2 Å². The summed E-state index contributed by atoms with van der Waals surface area (Å²) in [5.74, 6) is -0.349. The van der Waals surface area contributed by atoms with Gasteiger partial charge in [-0.2, -0.15) is 0 Å². The van der Waals surface area contributed by atoms with Crippen LogP contribution < -0.4 is 9.80 Å². The zero-order chi connectivity index (χ0) is 41.1. The van der Waals surface area contributed by atoms with Crippen molar-refractivity contribution >= 4 is 34.9 Å². The van der Waals surface area contributed by atoms with Crippen LogP contribution in [0.15, 0.2) is 48.5 Å². The first kappa shape index (κ1) is 43.7. The summed E-state index contributed by atoms with van der Waals surface area (Å²) < 4.78 is 21.6. The molecule has 4 aliphatic rings. The normalized spacial score (nSPS) is 19.5. The molecule has 0 radical (unpaired) electrons. The Hall–Kier alpha value is -3.92. The van der Waals surface area contributed by atoms with Gasteiger partial charge in [0.1, 0.15) is 13.2 Å². The summed E-state index contributed by atoms with van der Waals surface area (Å²) in [4.78, 5) is 65.1. The number of benzene rings is 2. The number of esters is 2. The molecule has 6 rings (SSSR count). The Balaban J connectivity index is 0.798. The number of hydrogen-bond donors (Lipinski definition) is 0. The van der Waals surface area contributed by atoms with Crippen LogP contribution in [0.1, 0.15) is 61.3 Å². The zero-order valence-corrected chi connectivity index (χ0v) is 35.1. The maximum absolute atomic E-state index is 13.3. The van der Waals surface area contributed by atoms with E-state index in [4.69, 9.17) is 18.9 Å². The largest absolute Gasteiger partial charge is 0.462 e. The predicted molar refractivity (Wildman–Crippen MR) is 223 cm³/mol. The first-order valence-electron chi connectivity index (χ1n) is 21.1. The molecular weight excluding hydrogens is 741 g/mol. The van der Waals surface area contributed by atoms with Gasteiger partial charge in [0.25, 0.3) is 0 Å². The number of hydrogen-bond acceptors (Lipinski definition) is 14. The molecule has 2 aromatic carbocycles. The standard InChI is InChI=1S/C44H64N6O8/c1-43(2,49-25-29-55-30-26-49)41(53)35-5-9-37(10-6-35)47-21-17-45(18-22-47)15-13-39(51)57-33-34-58-40(52)14-16-46-19-23-48(24-20-46)38-11-7-36(8-12-38)42(54)44(3,4)50-27-31-56-32-28-50/h5-12H,13-34H2,1-4H3. The van der Waals surface area contributed by atoms with Crippen molar-refractivity contribution in [1.29, 1.82) is 0 Å². The Morgan fingerprint density at radius 3 is 1.16 bits per heavy atom. The van der Waals surface area contributed by atoms with Crippen LogP contribution in [0.2, 0.25) is 0 Å². The molecule has 0 saturated carbocycles. The number of carbonyl (C=O) groups excluding carboxylic acids is 4. The monoisotopic (exact) mass is 804 g/mol. The van der Waals surface area contributed by atoms with Gasteiger partial charge in [0, 0.05) is 114 Å². The highest BCUT2D eigenvalue weighted by Gasteiger charge is 2.37. The second kappa shape index (κ2) is 20.4. The highest BCUT2D eigenvalue weighted by Crippen LogP contribution is 2.26. The third-order valence-corrected chi connectivity index (χ3v) is 12.3. The Morgan fingerprint density at radius 1 is 0.500 bits per heavy atom. The molecule has 4 saturated heterocycles. The van der Waals surface area contributed by atoms with E-state index >= 15 is 0 Å². The van der Waals surface area contributed by atoms with Gasteiger partial charge in [-0.1, -0.05) is 0 Å². The molecule has 0 atom stereocenters. The van der Waals surface area contributed by atoms with E-state index in [0.29, 0.717) is 39.5 Å². The van der Waals surface area contributed by atoms with Gasteiger partial charge in [0.05, 0.1) is 50.3 Å². The molecule has 0 spiro atoms. The van der Waals surface area contributed by atoms with Crippen molar-refractivity contribution in [2.24, 2.45) is 0 Å². The van der Waals surface area contributed by atoms with Crippen molar-refractivity contribution in [3.05, 3.63) is 59.7 Å². The lowest BCUT2D eigenvalue weighted by atomic mass is 9.90. The molecule has 0 aromatic heterocycles. The summed E-state index contributed by atoms with van der Waals surface area (Å²) in [6.07, 6.45) is 0.566. The number of morpholine rings is 2. The number of ether oxygens (including phenoxy) is 4. The summed E-state index contributed by atoms with van der Waals surface area (Å²) >= 11 is 0. The highest BCUT2D eigenvalue weighted by molar-refractivity contribution is 6.03. The molecule has 4 heterocycles. The van der Waals surface area contributed by atoms with Gasteiger partial charge in [-0.05, 0) is 76.2 Å².